The summed E-state index contributed by atoms with van der Waals surface area (Å²) < 4.78 is 0.931. The fourth-order valence-electron chi connectivity index (χ4n) is 1.16. The van der Waals surface area contributed by atoms with Gasteiger partial charge < -0.3 is 11.1 Å². The molecule has 0 radical (unpaired) electrons. The molecule has 0 aliphatic carbocycles. The molecule has 16 heavy (non-hydrogen) atoms. The van der Waals surface area contributed by atoms with Gasteiger partial charge in [-0.15, -0.1) is 11.3 Å². The molecule has 2 heterocycles. The summed E-state index contributed by atoms with van der Waals surface area (Å²) in [6.45, 7) is 0.372. The van der Waals surface area contributed by atoms with Crippen LogP contribution in [0.4, 0.5) is 5.82 Å². The maximum absolute atomic E-state index is 11.7. The number of anilines is 1. The number of hydrogen-bond acceptors (Lipinski definition) is 4. The highest BCUT2D eigenvalue weighted by molar-refractivity contribution is 9.11. The molecule has 0 saturated heterocycles. The molecule has 5 nitrogen and oxygen atoms in total. The van der Waals surface area contributed by atoms with Crippen LogP contribution in [0.5, 0.6) is 0 Å². The van der Waals surface area contributed by atoms with Crippen LogP contribution in [0.1, 0.15) is 15.2 Å². The van der Waals surface area contributed by atoms with Crippen LogP contribution >= 0.6 is 27.3 Å². The summed E-state index contributed by atoms with van der Waals surface area (Å²) >= 11 is 4.69. The second-order valence-electron chi connectivity index (χ2n) is 3.10. The van der Waals surface area contributed by atoms with E-state index in [9.17, 15) is 4.79 Å². The molecule has 0 bridgehead atoms. The largest absolute Gasteiger partial charge is 0.384 e. The fraction of sp³-hybridized carbons (Fsp3) is 0.111. The van der Waals surface area contributed by atoms with Crippen LogP contribution < -0.4 is 11.1 Å². The number of carbonyl (C=O) groups is 1. The van der Waals surface area contributed by atoms with Gasteiger partial charge in [0.15, 0.2) is 0 Å². The minimum absolute atomic E-state index is 0.115. The molecule has 0 spiro atoms. The van der Waals surface area contributed by atoms with Crippen molar-refractivity contribution in [3.8, 4) is 0 Å². The van der Waals surface area contributed by atoms with Crippen molar-refractivity contribution in [2.24, 2.45) is 0 Å². The lowest BCUT2D eigenvalue weighted by molar-refractivity contribution is 0.0955. The van der Waals surface area contributed by atoms with Gasteiger partial charge in [-0.2, -0.15) is 5.10 Å². The van der Waals surface area contributed by atoms with Gasteiger partial charge in [0, 0.05) is 12.1 Å². The van der Waals surface area contributed by atoms with Gasteiger partial charge in [-0.1, -0.05) is 0 Å². The molecule has 2 aromatic heterocycles. The number of aromatic nitrogens is 2. The summed E-state index contributed by atoms with van der Waals surface area (Å²) in [6, 6.07) is 3.61. The molecule has 7 heteroatoms. The monoisotopic (exact) mass is 300 g/mol. The van der Waals surface area contributed by atoms with E-state index in [1.807, 2.05) is 6.07 Å². The van der Waals surface area contributed by atoms with Crippen LogP contribution in [0.15, 0.2) is 22.1 Å². The van der Waals surface area contributed by atoms with E-state index < -0.39 is 0 Å². The topological polar surface area (TPSA) is 83.8 Å². The van der Waals surface area contributed by atoms with Crippen molar-refractivity contribution < 1.29 is 4.79 Å². The van der Waals surface area contributed by atoms with E-state index in [1.165, 1.54) is 11.3 Å². The Morgan fingerprint density at radius 1 is 1.62 bits per heavy atom. The standard InChI is InChI=1S/C9H9BrN4OS/c10-7-2-1-6(16-7)9(15)12-3-5-4-13-14-8(5)11/h1-2,4H,3H2,(H,12,15)(H3,11,13,14). The average Bonchev–Trinajstić information content (AvgIpc) is 2.84. The van der Waals surface area contributed by atoms with Gasteiger partial charge in [0.05, 0.1) is 14.9 Å². The average molecular weight is 301 g/mol. The molecule has 0 aromatic carbocycles. The Hall–Kier alpha value is -1.34. The second kappa shape index (κ2) is 4.67. The molecule has 2 aromatic rings. The van der Waals surface area contributed by atoms with E-state index >= 15 is 0 Å². The number of nitrogens with two attached hydrogens (primary N) is 1. The van der Waals surface area contributed by atoms with Gasteiger partial charge in [0.2, 0.25) is 0 Å². The number of hydrogen-bond donors (Lipinski definition) is 3. The molecule has 1 amide bonds. The number of halogens is 1. The van der Waals surface area contributed by atoms with Crippen LogP contribution in [0.25, 0.3) is 0 Å². The summed E-state index contributed by atoms with van der Waals surface area (Å²) in [5.41, 5.74) is 6.38. The number of carbonyl (C=O) groups excluding carboxylic acids is 1. The van der Waals surface area contributed by atoms with Crippen LogP contribution in [-0.2, 0) is 6.54 Å². The first-order valence-corrected chi connectivity index (χ1v) is 6.09. The van der Waals surface area contributed by atoms with Gasteiger partial charge in [0.1, 0.15) is 5.82 Å². The smallest absolute Gasteiger partial charge is 0.261 e. The Labute approximate surface area is 104 Å². The minimum atomic E-state index is -0.115. The molecule has 0 atom stereocenters. The number of nitrogens with zero attached hydrogens (tertiary/aromatic N) is 1. The molecule has 84 valence electrons. The van der Waals surface area contributed by atoms with E-state index in [0.29, 0.717) is 17.2 Å². The third-order valence-corrected chi connectivity index (χ3v) is 3.61. The predicted molar refractivity (Wildman–Crippen MR) is 66.2 cm³/mol. The zero-order chi connectivity index (χ0) is 11.5. The van der Waals surface area contributed by atoms with Crippen molar-refractivity contribution in [1.82, 2.24) is 15.5 Å². The Morgan fingerprint density at radius 2 is 2.44 bits per heavy atom. The summed E-state index contributed by atoms with van der Waals surface area (Å²) in [5.74, 6) is 0.365. The van der Waals surface area contributed by atoms with Crippen molar-refractivity contribution in [3.63, 3.8) is 0 Å². The zero-order valence-corrected chi connectivity index (χ0v) is 10.6. The number of rotatable bonds is 3. The van der Waals surface area contributed by atoms with Crippen molar-refractivity contribution in [2.45, 2.75) is 6.54 Å². The number of amides is 1. The Morgan fingerprint density at radius 3 is 3.00 bits per heavy atom. The molecule has 4 N–H and O–H groups in total. The van der Waals surface area contributed by atoms with Crippen molar-refractivity contribution in [1.29, 1.82) is 0 Å². The van der Waals surface area contributed by atoms with Crippen LogP contribution in [0.3, 0.4) is 0 Å². The Kier molecular flexibility index (Phi) is 3.25. The zero-order valence-electron chi connectivity index (χ0n) is 8.16. The summed E-state index contributed by atoms with van der Waals surface area (Å²) in [4.78, 5) is 12.3. The van der Waals surface area contributed by atoms with Gasteiger partial charge in [0.25, 0.3) is 5.91 Å². The van der Waals surface area contributed by atoms with E-state index in [-0.39, 0.29) is 5.91 Å². The number of nitrogen functional groups attached to an aromatic ring is 1. The van der Waals surface area contributed by atoms with Crippen molar-refractivity contribution in [2.75, 3.05) is 5.73 Å². The van der Waals surface area contributed by atoms with E-state index in [4.69, 9.17) is 5.73 Å². The van der Waals surface area contributed by atoms with Crippen LogP contribution in [0.2, 0.25) is 0 Å². The summed E-state index contributed by atoms with van der Waals surface area (Å²) in [6.07, 6.45) is 1.60. The molecule has 0 aliphatic heterocycles. The molecule has 0 saturated carbocycles. The van der Waals surface area contributed by atoms with Crippen LogP contribution in [0, 0.1) is 0 Å². The quantitative estimate of drug-likeness (QED) is 0.807. The molecule has 0 unspecified atom stereocenters. The molecule has 2 rings (SSSR count). The number of thiophene rings is 1. The first-order valence-electron chi connectivity index (χ1n) is 4.48. The van der Waals surface area contributed by atoms with Gasteiger partial charge >= 0.3 is 0 Å². The highest BCUT2D eigenvalue weighted by Crippen LogP contribution is 2.21. The lowest BCUT2D eigenvalue weighted by atomic mass is 10.3. The third-order valence-electron chi connectivity index (χ3n) is 1.99. The number of H-pyrrole nitrogens is 1. The van der Waals surface area contributed by atoms with Crippen LogP contribution in [-0.4, -0.2) is 16.1 Å². The summed E-state index contributed by atoms with van der Waals surface area (Å²) in [7, 11) is 0. The Bertz CT molecular complexity index is 507. The maximum Gasteiger partial charge on any atom is 0.261 e. The molecule has 0 fully saturated rings. The SMILES string of the molecule is Nc1[nH]ncc1CNC(=O)c1ccc(Br)s1. The second-order valence-corrected chi connectivity index (χ2v) is 5.56. The van der Waals surface area contributed by atoms with Crippen molar-refractivity contribution >= 4 is 39.0 Å². The first-order chi connectivity index (χ1) is 7.66. The maximum atomic E-state index is 11.7. The summed E-state index contributed by atoms with van der Waals surface area (Å²) in [5, 5.41) is 9.14. The lowest BCUT2D eigenvalue weighted by Crippen LogP contribution is -2.21. The number of nitrogens with one attached hydrogen (secondary N) is 2. The predicted octanol–water partition coefficient (Wildman–Crippen LogP) is 1.75. The highest BCUT2D eigenvalue weighted by Gasteiger charge is 2.09. The van der Waals surface area contributed by atoms with Crippen molar-refractivity contribution in [3.05, 3.63) is 32.6 Å². The number of aromatic amines is 1. The molecular weight excluding hydrogens is 292 g/mol. The van der Waals surface area contributed by atoms with E-state index in [2.05, 4.69) is 31.4 Å². The van der Waals surface area contributed by atoms with Gasteiger partial charge in [-0.3, -0.25) is 9.89 Å². The van der Waals surface area contributed by atoms with E-state index in [0.717, 1.165) is 9.35 Å². The minimum Gasteiger partial charge on any atom is -0.384 e. The first kappa shape index (κ1) is 11.2. The third kappa shape index (κ3) is 2.42. The van der Waals surface area contributed by atoms with E-state index in [1.54, 1.807) is 12.3 Å². The molecular formula is C9H9BrN4OS. The Balaban J connectivity index is 1.96. The molecule has 0 aliphatic rings. The van der Waals surface area contributed by atoms with Gasteiger partial charge in [-0.05, 0) is 28.1 Å². The highest BCUT2D eigenvalue weighted by atomic mass is 79.9. The lowest BCUT2D eigenvalue weighted by Gasteiger charge is -2.01. The van der Waals surface area contributed by atoms with Gasteiger partial charge in [-0.25, -0.2) is 0 Å². The normalized spacial score (nSPS) is 10.3. The fourth-order valence-corrected chi connectivity index (χ4v) is 2.46.